The molecule has 0 aromatic carbocycles. The fraction of sp³-hybridized carbons (Fsp3) is 0.875. The lowest BCUT2D eigenvalue weighted by Gasteiger charge is -2.31. The van der Waals surface area contributed by atoms with Crippen molar-refractivity contribution in [2.75, 3.05) is 26.5 Å². The highest BCUT2D eigenvalue weighted by molar-refractivity contribution is 7.88. The summed E-state index contributed by atoms with van der Waals surface area (Å²) in [7, 11) is -1.89. The molecule has 0 spiro atoms. The first kappa shape index (κ1) is 12.3. The fourth-order valence-electron chi connectivity index (χ4n) is 1.67. The quantitative estimate of drug-likeness (QED) is 0.718. The molecule has 1 saturated heterocycles. The van der Waals surface area contributed by atoms with Crippen molar-refractivity contribution < 1.29 is 17.9 Å². The van der Waals surface area contributed by atoms with Crippen molar-refractivity contribution in [1.29, 1.82) is 0 Å². The second kappa shape index (κ2) is 4.80. The smallest absolute Gasteiger partial charge is 0.409 e. The van der Waals surface area contributed by atoms with Crippen molar-refractivity contribution in [2.24, 2.45) is 0 Å². The average molecular weight is 236 g/mol. The highest BCUT2D eigenvalue weighted by Crippen LogP contribution is 2.11. The van der Waals surface area contributed by atoms with Crippen LogP contribution in [0.15, 0.2) is 0 Å². The minimum Gasteiger partial charge on any atom is -0.453 e. The number of sulfonamides is 1. The van der Waals surface area contributed by atoms with E-state index < -0.39 is 16.1 Å². The van der Waals surface area contributed by atoms with Gasteiger partial charge >= 0.3 is 6.09 Å². The topological polar surface area (TPSA) is 75.7 Å². The second-order valence-corrected chi connectivity index (χ2v) is 5.43. The normalized spacial score (nSPS) is 22.5. The van der Waals surface area contributed by atoms with E-state index in [2.05, 4.69) is 9.46 Å². The number of carbonyl (C=O) groups excluding carboxylic acids is 1. The molecule has 0 aromatic rings. The minimum absolute atomic E-state index is 0.201. The van der Waals surface area contributed by atoms with Crippen LogP contribution in [0.1, 0.15) is 12.8 Å². The average Bonchev–Trinajstić information content (AvgIpc) is 2.14. The maximum Gasteiger partial charge on any atom is 0.409 e. The molecule has 0 aromatic heterocycles. The Morgan fingerprint density at radius 3 is 2.73 bits per heavy atom. The lowest BCUT2D eigenvalue weighted by atomic mass is 10.1. The number of hydrogen-bond acceptors (Lipinski definition) is 4. The molecule has 1 N–H and O–H groups in total. The van der Waals surface area contributed by atoms with Crippen LogP contribution >= 0.6 is 0 Å². The number of hydrogen-bond donors (Lipinski definition) is 1. The van der Waals surface area contributed by atoms with E-state index in [1.165, 1.54) is 12.0 Å². The van der Waals surface area contributed by atoms with Crippen LogP contribution in [0.4, 0.5) is 4.79 Å². The highest BCUT2D eigenvalue weighted by Gasteiger charge is 2.25. The third-order valence-corrected chi connectivity index (χ3v) is 3.00. The Balaban J connectivity index is 2.53. The number of likely N-dealkylation sites (tertiary alicyclic amines) is 1. The molecule has 15 heavy (non-hydrogen) atoms. The molecule has 1 atom stereocenters. The monoisotopic (exact) mass is 236 g/mol. The molecule has 1 aliphatic rings. The van der Waals surface area contributed by atoms with E-state index in [9.17, 15) is 13.2 Å². The van der Waals surface area contributed by atoms with Gasteiger partial charge in [0.1, 0.15) is 0 Å². The van der Waals surface area contributed by atoms with Gasteiger partial charge in [0.15, 0.2) is 0 Å². The molecular weight excluding hydrogens is 220 g/mol. The highest BCUT2D eigenvalue weighted by atomic mass is 32.2. The Kier molecular flexibility index (Phi) is 3.92. The lowest BCUT2D eigenvalue weighted by molar-refractivity contribution is 0.110. The number of carbonyl (C=O) groups is 1. The number of piperidine rings is 1. The molecule has 1 amide bonds. The zero-order valence-corrected chi connectivity index (χ0v) is 9.71. The van der Waals surface area contributed by atoms with Gasteiger partial charge in [0.05, 0.1) is 13.4 Å². The lowest BCUT2D eigenvalue weighted by Crippen LogP contribution is -2.49. The molecular formula is C8H16N2O4S. The summed E-state index contributed by atoms with van der Waals surface area (Å²) in [4.78, 5) is 12.7. The Morgan fingerprint density at radius 1 is 1.53 bits per heavy atom. The number of ether oxygens (including phenoxy) is 1. The van der Waals surface area contributed by atoms with Crippen LogP contribution < -0.4 is 4.72 Å². The van der Waals surface area contributed by atoms with E-state index in [0.29, 0.717) is 13.1 Å². The van der Waals surface area contributed by atoms with E-state index in [-0.39, 0.29) is 6.04 Å². The summed E-state index contributed by atoms with van der Waals surface area (Å²) < 4.78 is 29.1. The van der Waals surface area contributed by atoms with E-state index >= 15 is 0 Å². The minimum atomic E-state index is -3.21. The molecule has 1 heterocycles. The van der Waals surface area contributed by atoms with Gasteiger partial charge in [-0.25, -0.2) is 17.9 Å². The van der Waals surface area contributed by atoms with Gasteiger partial charge in [-0.2, -0.15) is 0 Å². The number of nitrogens with zero attached hydrogens (tertiary/aromatic N) is 1. The van der Waals surface area contributed by atoms with E-state index in [1.807, 2.05) is 0 Å². The van der Waals surface area contributed by atoms with Crippen molar-refractivity contribution in [2.45, 2.75) is 18.9 Å². The third kappa shape index (κ3) is 4.05. The maximum absolute atomic E-state index is 11.2. The van der Waals surface area contributed by atoms with Crippen molar-refractivity contribution in [3.05, 3.63) is 0 Å². The number of rotatable bonds is 2. The van der Waals surface area contributed by atoms with Gasteiger partial charge in [-0.3, -0.25) is 0 Å². The first-order chi connectivity index (χ1) is 6.92. The van der Waals surface area contributed by atoms with Crippen LogP contribution in [0, 0.1) is 0 Å². The Labute approximate surface area is 89.6 Å². The fourth-order valence-corrected chi connectivity index (χ4v) is 2.47. The van der Waals surface area contributed by atoms with Crippen LogP contribution in [-0.4, -0.2) is 51.9 Å². The second-order valence-electron chi connectivity index (χ2n) is 3.65. The van der Waals surface area contributed by atoms with Crippen molar-refractivity contribution in [3.63, 3.8) is 0 Å². The maximum atomic E-state index is 11.2. The Bertz CT molecular complexity index is 328. The summed E-state index contributed by atoms with van der Waals surface area (Å²) in [6.07, 6.45) is 2.24. The molecule has 1 unspecified atom stereocenters. The van der Waals surface area contributed by atoms with Crippen LogP contribution in [0.2, 0.25) is 0 Å². The first-order valence-corrected chi connectivity index (χ1v) is 6.61. The third-order valence-electron chi connectivity index (χ3n) is 2.23. The molecule has 1 fully saturated rings. The van der Waals surface area contributed by atoms with Crippen LogP contribution in [0.3, 0.4) is 0 Å². The Hall–Kier alpha value is -0.820. The standard InChI is InChI=1S/C8H16N2O4S/c1-14-8(11)10-5-3-4-7(6-10)9-15(2,12)13/h7,9H,3-6H2,1-2H3. The molecule has 88 valence electrons. The molecule has 0 saturated carbocycles. The molecule has 7 heteroatoms. The molecule has 1 rings (SSSR count). The van der Waals surface area contributed by atoms with Gasteiger partial charge in [0.2, 0.25) is 10.0 Å². The van der Waals surface area contributed by atoms with Crippen LogP contribution in [-0.2, 0) is 14.8 Å². The first-order valence-electron chi connectivity index (χ1n) is 4.72. The molecule has 0 radical (unpaired) electrons. The molecule has 1 aliphatic heterocycles. The summed E-state index contributed by atoms with van der Waals surface area (Å²) in [5.41, 5.74) is 0. The van der Waals surface area contributed by atoms with Gasteiger partial charge in [-0.05, 0) is 12.8 Å². The number of methoxy groups -OCH3 is 1. The van der Waals surface area contributed by atoms with Gasteiger partial charge in [0, 0.05) is 19.1 Å². The number of nitrogens with one attached hydrogen (secondary N) is 1. The summed E-state index contributed by atoms with van der Waals surface area (Å²) >= 11 is 0. The molecule has 6 nitrogen and oxygen atoms in total. The van der Waals surface area contributed by atoms with Crippen LogP contribution in [0.5, 0.6) is 0 Å². The molecule has 0 aliphatic carbocycles. The summed E-state index contributed by atoms with van der Waals surface area (Å²) in [6.45, 7) is 0.994. The van der Waals surface area contributed by atoms with Crippen molar-refractivity contribution in [3.8, 4) is 0 Å². The van der Waals surface area contributed by atoms with Gasteiger partial charge in [-0.15, -0.1) is 0 Å². The largest absolute Gasteiger partial charge is 0.453 e. The van der Waals surface area contributed by atoms with E-state index in [1.54, 1.807) is 0 Å². The van der Waals surface area contributed by atoms with E-state index in [0.717, 1.165) is 19.1 Å². The number of amides is 1. The zero-order valence-electron chi connectivity index (χ0n) is 8.89. The van der Waals surface area contributed by atoms with Crippen molar-refractivity contribution >= 4 is 16.1 Å². The van der Waals surface area contributed by atoms with E-state index in [4.69, 9.17) is 0 Å². The Morgan fingerprint density at radius 2 is 2.20 bits per heavy atom. The zero-order chi connectivity index (χ0) is 11.5. The summed E-state index contributed by atoms with van der Waals surface area (Å²) in [5, 5.41) is 0. The van der Waals surface area contributed by atoms with Gasteiger partial charge in [0.25, 0.3) is 0 Å². The van der Waals surface area contributed by atoms with Gasteiger partial charge < -0.3 is 9.64 Å². The predicted octanol–water partition coefficient (Wildman–Crippen LogP) is -0.234. The SMILES string of the molecule is COC(=O)N1CCCC(NS(C)(=O)=O)C1. The predicted molar refractivity (Wildman–Crippen MR) is 55.0 cm³/mol. The summed E-state index contributed by atoms with van der Waals surface area (Å²) in [5.74, 6) is 0. The van der Waals surface area contributed by atoms with Crippen molar-refractivity contribution in [1.82, 2.24) is 9.62 Å². The van der Waals surface area contributed by atoms with Gasteiger partial charge in [-0.1, -0.05) is 0 Å². The summed E-state index contributed by atoms with van der Waals surface area (Å²) in [6, 6.07) is -0.201. The van der Waals surface area contributed by atoms with Crippen LogP contribution in [0.25, 0.3) is 0 Å². The molecule has 0 bridgehead atoms.